The smallest absolute Gasteiger partial charge is 0.329 e. The molecule has 126 valence electrons. The first-order chi connectivity index (χ1) is 10.9. The van der Waals surface area contributed by atoms with Crippen LogP contribution in [0.25, 0.3) is 0 Å². The van der Waals surface area contributed by atoms with Gasteiger partial charge in [0, 0.05) is 11.3 Å². The topological polar surface area (TPSA) is 84.9 Å². The van der Waals surface area contributed by atoms with E-state index < -0.39 is 23.8 Å². The molecule has 23 heavy (non-hydrogen) atoms. The fourth-order valence-corrected chi connectivity index (χ4v) is 2.82. The molecule has 2 rings (SSSR count). The fraction of sp³-hybridized carbons (Fsp3) is 0.467. The zero-order valence-electron chi connectivity index (χ0n) is 12.7. The normalized spacial score (nSPS) is 17.6. The third-order valence-corrected chi connectivity index (χ3v) is 4.89. The van der Waals surface area contributed by atoms with Crippen LogP contribution in [0.2, 0.25) is 10.0 Å². The third-order valence-electron chi connectivity index (χ3n) is 4.04. The van der Waals surface area contributed by atoms with Gasteiger partial charge < -0.3 is 19.9 Å². The number of nitrogens with one attached hydrogen (secondary N) is 1. The maximum Gasteiger partial charge on any atom is 0.329 e. The second kappa shape index (κ2) is 6.95. The predicted octanol–water partition coefficient (Wildman–Crippen LogP) is 3.09. The highest BCUT2D eigenvalue weighted by Crippen LogP contribution is 2.36. The Morgan fingerprint density at radius 3 is 2.22 bits per heavy atom. The number of ether oxygens (including phenoxy) is 2. The lowest BCUT2D eigenvalue weighted by molar-refractivity contribution is -0.219. The molecule has 1 aliphatic heterocycles. The molecule has 0 radical (unpaired) electrons. The van der Waals surface area contributed by atoms with Crippen molar-refractivity contribution in [2.45, 2.75) is 39.7 Å². The van der Waals surface area contributed by atoms with Crippen LogP contribution in [0.5, 0.6) is 0 Å². The summed E-state index contributed by atoms with van der Waals surface area (Å²) in [4.78, 5) is 24.4. The number of anilines is 1. The van der Waals surface area contributed by atoms with Crippen molar-refractivity contribution in [2.75, 3.05) is 5.32 Å². The number of esters is 2. The van der Waals surface area contributed by atoms with Crippen molar-refractivity contribution in [3.8, 4) is 0 Å². The van der Waals surface area contributed by atoms with Gasteiger partial charge in [-0.25, -0.2) is 0 Å². The maximum absolute atomic E-state index is 12.2. The van der Waals surface area contributed by atoms with Gasteiger partial charge in [-0.1, -0.05) is 37.0 Å². The summed E-state index contributed by atoms with van der Waals surface area (Å²) in [5.41, 5.74) is -0.600. The minimum atomic E-state index is -1.29. The number of carbonyl (C=O) groups is 2. The summed E-state index contributed by atoms with van der Waals surface area (Å²) in [5, 5.41) is 12.6. The highest BCUT2D eigenvalue weighted by molar-refractivity contribution is 6.42. The Morgan fingerprint density at radius 2 is 1.74 bits per heavy atom. The van der Waals surface area contributed by atoms with Crippen molar-refractivity contribution in [1.29, 1.82) is 0 Å². The molecule has 0 aromatic heterocycles. The Balaban J connectivity index is 2.23. The Hall–Kier alpha value is -1.50. The second-order valence-corrected chi connectivity index (χ2v) is 5.91. The molecule has 1 aliphatic rings. The van der Waals surface area contributed by atoms with Crippen molar-refractivity contribution in [3.05, 3.63) is 27.7 Å². The van der Waals surface area contributed by atoms with E-state index in [0.717, 1.165) is 0 Å². The molecule has 1 aromatic carbocycles. The Labute approximate surface area is 143 Å². The van der Waals surface area contributed by atoms with E-state index in [4.69, 9.17) is 32.7 Å². The summed E-state index contributed by atoms with van der Waals surface area (Å²) in [7, 11) is 0. The van der Waals surface area contributed by atoms with E-state index in [9.17, 15) is 14.7 Å². The van der Waals surface area contributed by atoms with E-state index in [2.05, 4.69) is 5.32 Å². The molecule has 8 heteroatoms. The van der Waals surface area contributed by atoms with E-state index >= 15 is 0 Å². The van der Waals surface area contributed by atoms with Crippen LogP contribution >= 0.6 is 23.2 Å². The predicted molar refractivity (Wildman–Crippen MR) is 85.0 cm³/mol. The van der Waals surface area contributed by atoms with Crippen LogP contribution in [0, 0.1) is 5.41 Å². The molecule has 0 spiro atoms. The average molecular weight is 362 g/mol. The summed E-state index contributed by atoms with van der Waals surface area (Å²) in [6, 6.07) is 3.06. The van der Waals surface area contributed by atoms with Crippen LogP contribution in [0.1, 0.15) is 32.3 Å². The summed E-state index contributed by atoms with van der Waals surface area (Å²) in [6.45, 7) is 3.06. The molecule has 0 bridgehead atoms. The van der Waals surface area contributed by atoms with Crippen molar-refractivity contribution in [1.82, 2.24) is 0 Å². The number of hydrogen-bond acceptors (Lipinski definition) is 6. The number of rotatable bonds is 5. The lowest BCUT2D eigenvalue weighted by Crippen LogP contribution is -2.51. The zero-order chi connectivity index (χ0) is 17.2. The van der Waals surface area contributed by atoms with E-state index in [1.807, 2.05) is 0 Å². The molecular weight excluding hydrogens is 345 g/mol. The van der Waals surface area contributed by atoms with Gasteiger partial charge in [0.2, 0.25) is 0 Å². The lowest BCUT2D eigenvalue weighted by Gasteiger charge is -2.35. The number of carbonyl (C=O) groups excluding carboxylic acids is 2. The summed E-state index contributed by atoms with van der Waals surface area (Å²) >= 11 is 11.9. The molecule has 6 nitrogen and oxygen atoms in total. The average Bonchev–Trinajstić information content (AvgIpc) is 2.52. The highest BCUT2D eigenvalue weighted by Gasteiger charge is 2.51. The van der Waals surface area contributed by atoms with Crippen LogP contribution < -0.4 is 5.32 Å². The number of aliphatic hydroxyl groups excluding tert-OH is 1. The van der Waals surface area contributed by atoms with Crippen molar-refractivity contribution >= 4 is 40.8 Å². The molecular formula is C15H17Cl2NO5. The molecule has 1 aromatic rings. The van der Waals surface area contributed by atoms with Gasteiger partial charge in [0.25, 0.3) is 0 Å². The van der Waals surface area contributed by atoms with Gasteiger partial charge in [-0.2, -0.15) is 0 Å². The van der Waals surface area contributed by atoms with Crippen molar-refractivity contribution in [2.24, 2.45) is 5.41 Å². The first kappa shape index (κ1) is 17.8. The van der Waals surface area contributed by atoms with Crippen molar-refractivity contribution < 1.29 is 24.2 Å². The van der Waals surface area contributed by atoms with Gasteiger partial charge in [-0.05, 0) is 25.0 Å². The van der Waals surface area contributed by atoms with Gasteiger partial charge >= 0.3 is 18.4 Å². The van der Waals surface area contributed by atoms with Gasteiger partial charge in [-0.3, -0.25) is 9.59 Å². The first-order valence-corrected chi connectivity index (χ1v) is 7.91. The van der Waals surface area contributed by atoms with E-state index in [1.54, 1.807) is 19.9 Å². The molecule has 0 unspecified atom stereocenters. The van der Waals surface area contributed by atoms with Crippen molar-refractivity contribution in [3.63, 3.8) is 0 Å². The Kier molecular flexibility index (Phi) is 5.39. The number of halogens is 2. The Bertz CT molecular complexity index is 611. The number of hydrogen-bond donors (Lipinski definition) is 2. The quantitative estimate of drug-likeness (QED) is 0.619. The zero-order valence-corrected chi connectivity index (χ0v) is 14.2. The second-order valence-electron chi connectivity index (χ2n) is 5.12. The van der Waals surface area contributed by atoms with E-state index in [0.29, 0.717) is 24.1 Å². The fourth-order valence-electron chi connectivity index (χ4n) is 2.42. The van der Waals surface area contributed by atoms with Gasteiger partial charge in [0.1, 0.15) is 0 Å². The Morgan fingerprint density at radius 1 is 1.17 bits per heavy atom. The molecule has 1 heterocycles. The summed E-state index contributed by atoms with van der Waals surface area (Å²) in [6.07, 6.45) is -0.700. The minimum Gasteiger partial charge on any atom is -0.405 e. The molecule has 1 saturated heterocycles. The molecule has 0 amide bonds. The third kappa shape index (κ3) is 3.11. The SMILES string of the molecule is CCC1(CC)C(=O)OC(Nc2ccc(Cl)c(Cl)c2CO)OC1=O. The van der Waals surface area contributed by atoms with Gasteiger partial charge in [-0.15, -0.1) is 0 Å². The summed E-state index contributed by atoms with van der Waals surface area (Å²) < 4.78 is 10.4. The maximum atomic E-state index is 12.2. The molecule has 1 fully saturated rings. The molecule has 0 atom stereocenters. The molecule has 0 aliphatic carbocycles. The van der Waals surface area contributed by atoms with Gasteiger partial charge in [0.05, 0.1) is 16.7 Å². The largest absolute Gasteiger partial charge is 0.405 e. The van der Waals surface area contributed by atoms with Gasteiger partial charge in [0.15, 0.2) is 5.41 Å². The van der Waals surface area contributed by atoms with Crippen LogP contribution in [0.3, 0.4) is 0 Å². The van der Waals surface area contributed by atoms with E-state index in [-0.39, 0.29) is 16.7 Å². The van der Waals surface area contributed by atoms with Crippen LogP contribution in [0.4, 0.5) is 5.69 Å². The molecule has 0 saturated carbocycles. The number of cyclic esters (lactones) is 2. The first-order valence-electron chi connectivity index (χ1n) is 7.16. The molecule has 2 N–H and O–H groups in total. The summed E-state index contributed by atoms with van der Waals surface area (Å²) in [5.74, 6) is -1.27. The monoisotopic (exact) mass is 361 g/mol. The van der Waals surface area contributed by atoms with E-state index in [1.165, 1.54) is 6.07 Å². The standard InChI is InChI=1S/C15H17Cl2NO5/c1-3-15(4-2)12(20)22-14(23-13(15)21)18-10-6-5-9(16)11(17)8(10)7-19/h5-6,14,18-19H,3-4,7H2,1-2H3. The van der Waals surface area contributed by atoms with Crippen LogP contribution in [-0.4, -0.2) is 23.5 Å². The minimum absolute atomic E-state index is 0.170. The van der Waals surface area contributed by atoms with Crippen LogP contribution in [0.15, 0.2) is 12.1 Å². The van der Waals surface area contributed by atoms with Crippen LogP contribution in [-0.2, 0) is 25.7 Å². The number of aliphatic hydroxyl groups is 1. The lowest BCUT2D eigenvalue weighted by atomic mass is 9.82. The number of benzene rings is 1. The highest BCUT2D eigenvalue weighted by atomic mass is 35.5.